The molecule has 0 amide bonds. The molecule has 0 atom stereocenters. The molecule has 0 aliphatic heterocycles. The minimum absolute atomic E-state index is 1.21. The first-order valence-electron chi connectivity index (χ1n) is 10.3. The summed E-state index contributed by atoms with van der Waals surface area (Å²) in [7, 11) is 0. The number of pyridine rings is 2. The highest BCUT2D eigenvalue weighted by atomic mass is 14.6. The summed E-state index contributed by atoms with van der Waals surface area (Å²) >= 11 is 0. The molecule has 0 aliphatic rings. The van der Waals surface area contributed by atoms with Crippen LogP contribution in [0, 0.1) is 27.7 Å². The molecule has 0 bridgehead atoms. The van der Waals surface area contributed by atoms with Crippen LogP contribution < -0.4 is 0 Å². The van der Waals surface area contributed by atoms with Crippen molar-refractivity contribution in [1.82, 2.24) is 9.97 Å². The van der Waals surface area contributed by atoms with Crippen molar-refractivity contribution < 1.29 is 0 Å². The van der Waals surface area contributed by atoms with Gasteiger partial charge in [0.05, 0.1) is 0 Å². The number of hydrogen-bond donors (Lipinski definition) is 0. The van der Waals surface area contributed by atoms with Gasteiger partial charge in [0, 0.05) is 24.8 Å². The normalized spacial score (nSPS) is 11.3. The smallest absolute Gasteiger partial charge is 0.0303 e. The van der Waals surface area contributed by atoms with Crippen molar-refractivity contribution in [3.63, 3.8) is 0 Å². The van der Waals surface area contributed by atoms with E-state index in [1.807, 2.05) is 24.8 Å². The minimum atomic E-state index is 1.21. The van der Waals surface area contributed by atoms with Gasteiger partial charge in [-0.15, -0.1) is 0 Å². The van der Waals surface area contributed by atoms with E-state index in [1.165, 1.54) is 66.1 Å². The van der Waals surface area contributed by atoms with E-state index in [0.717, 1.165) is 0 Å². The summed E-state index contributed by atoms with van der Waals surface area (Å²) in [5.74, 6) is 0. The molecule has 30 heavy (non-hydrogen) atoms. The highest BCUT2D eigenvalue weighted by Gasteiger charge is 2.14. The highest BCUT2D eigenvalue weighted by Crippen LogP contribution is 2.38. The zero-order valence-corrected chi connectivity index (χ0v) is 17.8. The Labute approximate surface area is 177 Å². The predicted octanol–water partition coefficient (Wildman–Crippen LogP) is 7.35. The van der Waals surface area contributed by atoms with Gasteiger partial charge in [-0.3, -0.25) is 9.97 Å². The summed E-state index contributed by atoms with van der Waals surface area (Å²) in [6.45, 7) is 8.57. The predicted molar refractivity (Wildman–Crippen MR) is 127 cm³/mol. The molecule has 2 nitrogen and oxygen atoms in total. The minimum Gasteiger partial charge on any atom is -0.264 e. The molecule has 0 aliphatic carbocycles. The van der Waals surface area contributed by atoms with E-state index in [0.29, 0.717) is 0 Å². The van der Waals surface area contributed by atoms with Crippen molar-refractivity contribution in [2.24, 2.45) is 0 Å². The van der Waals surface area contributed by atoms with Gasteiger partial charge in [0.25, 0.3) is 0 Å². The Balaban J connectivity index is 1.89. The molecule has 5 aromatic rings. The van der Waals surface area contributed by atoms with E-state index in [-0.39, 0.29) is 0 Å². The second kappa shape index (κ2) is 7.07. The summed E-state index contributed by atoms with van der Waals surface area (Å²) in [5, 5.41) is 5.07. The quantitative estimate of drug-likeness (QED) is 0.295. The van der Waals surface area contributed by atoms with Crippen LogP contribution in [-0.2, 0) is 0 Å². The maximum Gasteiger partial charge on any atom is 0.0303 e. The molecule has 0 fully saturated rings. The van der Waals surface area contributed by atoms with Gasteiger partial charge < -0.3 is 0 Å². The number of hydrogen-bond acceptors (Lipinski definition) is 2. The first kappa shape index (κ1) is 18.5. The van der Waals surface area contributed by atoms with E-state index in [1.54, 1.807) is 0 Å². The molecule has 0 saturated carbocycles. The van der Waals surface area contributed by atoms with Gasteiger partial charge >= 0.3 is 0 Å². The van der Waals surface area contributed by atoms with Crippen LogP contribution in [0.5, 0.6) is 0 Å². The van der Waals surface area contributed by atoms with Crippen LogP contribution in [0.25, 0.3) is 43.8 Å². The van der Waals surface area contributed by atoms with Gasteiger partial charge in [0.1, 0.15) is 0 Å². The molecule has 0 saturated heterocycles. The fraction of sp³-hybridized carbons (Fsp3) is 0.143. The number of rotatable bonds is 2. The maximum absolute atomic E-state index is 4.37. The largest absolute Gasteiger partial charge is 0.264 e. The first-order chi connectivity index (χ1) is 14.5. The molecule has 2 aromatic heterocycles. The molecule has 0 radical (unpaired) electrons. The molecule has 2 heterocycles. The van der Waals surface area contributed by atoms with Crippen molar-refractivity contribution in [3.05, 3.63) is 95.6 Å². The average Bonchev–Trinajstić information content (AvgIpc) is 2.72. The van der Waals surface area contributed by atoms with Gasteiger partial charge in [0.2, 0.25) is 0 Å². The Morgan fingerprint density at radius 1 is 0.500 bits per heavy atom. The van der Waals surface area contributed by atoms with Crippen LogP contribution >= 0.6 is 0 Å². The van der Waals surface area contributed by atoms with Crippen molar-refractivity contribution in [2.45, 2.75) is 27.7 Å². The molecule has 0 unspecified atom stereocenters. The molecule has 146 valence electrons. The number of fused-ring (bicyclic) bond motifs is 2. The van der Waals surface area contributed by atoms with Crippen LogP contribution in [0.2, 0.25) is 0 Å². The first-order valence-corrected chi connectivity index (χ1v) is 10.3. The Morgan fingerprint density at radius 3 is 1.30 bits per heavy atom. The molecule has 5 rings (SSSR count). The third kappa shape index (κ3) is 2.88. The Morgan fingerprint density at radius 2 is 0.900 bits per heavy atom. The van der Waals surface area contributed by atoms with E-state index in [4.69, 9.17) is 0 Å². The molecule has 0 spiro atoms. The second-order valence-corrected chi connectivity index (χ2v) is 8.20. The van der Waals surface area contributed by atoms with Crippen molar-refractivity contribution in [2.75, 3.05) is 0 Å². The zero-order chi connectivity index (χ0) is 20.8. The van der Waals surface area contributed by atoms with Gasteiger partial charge in [-0.2, -0.15) is 0 Å². The van der Waals surface area contributed by atoms with Crippen LogP contribution in [0.3, 0.4) is 0 Å². The van der Waals surface area contributed by atoms with Gasteiger partial charge in [-0.05, 0) is 106 Å². The van der Waals surface area contributed by atoms with Crippen LogP contribution in [0.1, 0.15) is 22.3 Å². The van der Waals surface area contributed by atoms with E-state index >= 15 is 0 Å². The number of aromatic nitrogens is 2. The van der Waals surface area contributed by atoms with Crippen LogP contribution in [-0.4, -0.2) is 9.97 Å². The Kier molecular flexibility index (Phi) is 4.36. The van der Waals surface area contributed by atoms with Gasteiger partial charge in [0.15, 0.2) is 0 Å². The summed E-state index contributed by atoms with van der Waals surface area (Å²) < 4.78 is 0. The number of nitrogens with zero attached hydrogens (tertiary/aromatic N) is 2. The fourth-order valence-electron chi connectivity index (χ4n) is 4.74. The lowest BCUT2D eigenvalue weighted by molar-refractivity contribution is 1.22. The summed E-state index contributed by atoms with van der Waals surface area (Å²) in [6, 6.07) is 17.9. The Bertz CT molecular complexity index is 1280. The highest BCUT2D eigenvalue weighted by molar-refractivity contribution is 6.09. The summed E-state index contributed by atoms with van der Waals surface area (Å²) in [6.07, 6.45) is 7.82. The van der Waals surface area contributed by atoms with Crippen LogP contribution in [0.15, 0.2) is 73.3 Å². The van der Waals surface area contributed by atoms with E-state index in [9.17, 15) is 0 Å². The average molecular weight is 389 g/mol. The number of benzene rings is 3. The second-order valence-electron chi connectivity index (χ2n) is 8.20. The van der Waals surface area contributed by atoms with Gasteiger partial charge in [-0.25, -0.2) is 0 Å². The lowest BCUT2D eigenvalue weighted by Gasteiger charge is -2.16. The standard InChI is InChI=1S/C28H24N2/c1-17-13-29-14-18(2)27(17)23-9-5-7-21-11-22-8-6-10-24(26(22)12-25(21)23)28-19(3)15-30-16-20(28)4/h5-16H,1-4H3. The zero-order valence-electron chi connectivity index (χ0n) is 17.8. The molecular weight excluding hydrogens is 364 g/mol. The summed E-state index contributed by atoms with van der Waals surface area (Å²) in [5.41, 5.74) is 9.92. The fourth-order valence-corrected chi connectivity index (χ4v) is 4.74. The van der Waals surface area contributed by atoms with Gasteiger partial charge in [-0.1, -0.05) is 36.4 Å². The lowest BCUT2D eigenvalue weighted by Crippen LogP contribution is -1.93. The summed E-state index contributed by atoms with van der Waals surface area (Å²) in [4.78, 5) is 8.73. The van der Waals surface area contributed by atoms with Crippen LogP contribution in [0.4, 0.5) is 0 Å². The third-order valence-corrected chi connectivity index (χ3v) is 6.07. The molecule has 0 N–H and O–H groups in total. The Hall–Kier alpha value is -3.52. The van der Waals surface area contributed by atoms with Crippen molar-refractivity contribution in [3.8, 4) is 22.3 Å². The number of aryl methyl sites for hydroxylation is 4. The van der Waals surface area contributed by atoms with E-state index in [2.05, 4.69) is 86.2 Å². The van der Waals surface area contributed by atoms with Crippen molar-refractivity contribution >= 4 is 21.5 Å². The topological polar surface area (TPSA) is 25.8 Å². The van der Waals surface area contributed by atoms with E-state index < -0.39 is 0 Å². The monoisotopic (exact) mass is 388 g/mol. The molecule has 3 aromatic carbocycles. The third-order valence-electron chi connectivity index (χ3n) is 6.07. The lowest BCUT2D eigenvalue weighted by atomic mass is 9.89. The molecule has 2 heteroatoms. The SMILES string of the molecule is Cc1cncc(C)c1-c1cccc2cc3cccc(-c4c(C)cncc4C)c3cc12. The molecular formula is C28H24N2. The van der Waals surface area contributed by atoms with Crippen molar-refractivity contribution in [1.29, 1.82) is 0 Å². The maximum atomic E-state index is 4.37.